The van der Waals surface area contributed by atoms with E-state index in [1.54, 1.807) is 0 Å². The molecule has 2 aromatic carbocycles. The summed E-state index contributed by atoms with van der Waals surface area (Å²) in [6.45, 7) is 9.25. The van der Waals surface area contributed by atoms with Gasteiger partial charge in [0.15, 0.2) is 0 Å². The summed E-state index contributed by atoms with van der Waals surface area (Å²) in [5.41, 5.74) is 5.12. The van der Waals surface area contributed by atoms with Gasteiger partial charge in [0.25, 0.3) is 0 Å². The molecule has 0 N–H and O–H groups in total. The molecule has 0 saturated heterocycles. The smallest absolute Gasteiger partial charge is 0.133 e. The summed E-state index contributed by atoms with van der Waals surface area (Å²) in [6, 6.07) is 26.0. The number of aromatic nitrogens is 1. The van der Waals surface area contributed by atoms with Crippen LogP contribution in [0.15, 0.2) is 72.8 Å². The van der Waals surface area contributed by atoms with Crippen molar-refractivity contribution in [2.75, 3.05) is 11.4 Å². The number of aryl methyl sites for hydroxylation is 3. The third-order valence-electron chi connectivity index (χ3n) is 4.91. The van der Waals surface area contributed by atoms with Crippen molar-refractivity contribution in [3.63, 3.8) is 0 Å². The van der Waals surface area contributed by atoms with E-state index in [1.807, 2.05) is 26.8 Å². The van der Waals surface area contributed by atoms with Gasteiger partial charge in [-0.15, -0.1) is 0 Å². The van der Waals surface area contributed by atoms with Crippen molar-refractivity contribution in [3.05, 3.63) is 89.6 Å². The molecule has 1 heterocycles. The summed E-state index contributed by atoms with van der Waals surface area (Å²) >= 11 is 0. The van der Waals surface area contributed by atoms with Crippen molar-refractivity contribution in [3.8, 4) is 0 Å². The van der Waals surface area contributed by atoms with Gasteiger partial charge in [-0.2, -0.15) is 0 Å². The van der Waals surface area contributed by atoms with Crippen LogP contribution in [0.5, 0.6) is 0 Å². The largest absolute Gasteiger partial charge is 0.326 e. The molecule has 1 aromatic heterocycles. The zero-order chi connectivity index (χ0) is 20.9. The molecule has 0 spiro atoms. The van der Waals surface area contributed by atoms with Crippen LogP contribution in [-0.4, -0.2) is 11.5 Å². The maximum Gasteiger partial charge on any atom is 0.133 e. The second-order valence-electron chi connectivity index (χ2n) is 7.15. The molecule has 3 rings (SSSR count). The Kier molecular flexibility index (Phi) is 9.99. The minimum Gasteiger partial charge on any atom is -0.326 e. The first-order valence-corrected chi connectivity index (χ1v) is 11.1. The number of pyridine rings is 1. The topological polar surface area (TPSA) is 16.1 Å². The average Bonchev–Trinajstić information content (AvgIpc) is 2.78. The molecule has 2 nitrogen and oxygen atoms in total. The van der Waals surface area contributed by atoms with Crippen LogP contribution in [0.2, 0.25) is 0 Å². The van der Waals surface area contributed by atoms with Gasteiger partial charge in [-0.25, -0.2) is 4.98 Å². The van der Waals surface area contributed by atoms with Crippen LogP contribution in [0, 0.1) is 6.92 Å². The van der Waals surface area contributed by atoms with E-state index in [2.05, 4.69) is 78.6 Å². The SMILES string of the molecule is CC.CCCCc1ccc(CCCN(c2ccccc2)c2cccc(C)n2)cc1. The third-order valence-corrected chi connectivity index (χ3v) is 4.91. The van der Waals surface area contributed by atoms with Gasteiger partial charge in [-0.1, -0.05) is 75.7 Å². The standard InChI is InChI=1S/C25H30N2.C2H6/c1-3-4-11-22-16-18-23(19-17-22)12-9-20-27(24-13-6-5-7-14-24)25-15-8-10-21(2)26-25;1-2/h5-8,10,13-19H,3-4,9,11-12,20H2,1-2H3;1-2H3. The molecule has 154 valence electrons. The highest BCUT2D eigenvalue weighted by molar-refractivity contribution is 5.59. The first-order chi connectivity index (χ1) is 14.3. The highest BCUT2D eigenvalue weighted by Crippen LogP contribution is 2.24. The maximum absolute atomic E-state index is 4.74. The van der Waals surface area contributed by atoms with E-state index in [-0.39, 0.29) is 0 Å². The lowest BCUT2D eigenvalue weighted by atomic mass is 10.0. The Balaban J connectivity index is 0.00000145. The Bertz CT molecular complexity index is 809. The molecule has 0 aliphatic heterocycles. The van der Waals surface area contributed by atoms with Crippen LogP contribution in [0.1, 0.15) is 56.9 Å². The first kappa shape index (κ1) is 22.7. The second-order valence-corrected chi connectivity index (χ2v) is 7.15. The van der Waals surface area contributed by atoms with Crippen LogP contribution in [0.25, 0.3) is 0 Å². The molecule has 0 radical (unpaired) electrons. The summed E-state index contributed by atoms with van der Waals surface area (Å²) in [5.74, 6) is 1.02. The van der Waals surface area contributed by atoms with Crippen molar-refractivity contribution in [2.24, 2.45) is 0 Å². The lowest BCUT2D eigenvalue weighted by molar-refractivity contribution is 0.788. The van der Waals surface area contributed by atoms with Gasteiger partial charge in [0, 0.05) is 17.9 Å². The normalized spacial score (nSPS) is 10.2. The van der Waals surface area contributed by atoms with Crippen LogP contribution < -0.4 is 4.90 Å². The lowest BCUT2D eigenvalue weighted by Gasteiger charge is -2.24. The van der Waals surface area contributed by atoms with E-state index < -0.39 is 0 Å². The Morgan fingerprint density at radius 3 is 1.93 bits per heavy atom. The highest BCUT2D eigenvalue weighted by Gasteiger charge is 2.10. The van der Waals surface area contributed by atoms with E-state index >= 15 is 0 Å². The van der Waals surface area contributed by atoms with Crippen LogP contribution in [0.3, 0.4) is 0 Å². The minimum absolute atomic E-state index is 0.956. The molecule has 0 unspecified atom stereocenters. The molecular formula is C27H36N2. The number of hydrogen-bond donors (Lipinski definition) is 0. The Morgan fingerprint density at radius 2 is 1.34 bits per heavy atom. The number of benzene rings is 2. The predicted molar refractivity (Wildman–Crippen MR) is 127 cm³/mol. The van der Waals surface area contributed by atoms with Gasteiger partial charge in [-0.3, -0.25) is 0 Å². The fourth-order valence-electron chi connectivity index (χ4n) is 3.36. The monoisotopic (exact) mass is 388 g/mol. The minimum atomic E-state index is 0.956. The predicted octanol–water partition coefficient (Wildman–Crippen LogP) is 7.53. The number of unbranched alkanes of at least 4 members (excludes halogenated alkanes) is 1. The van der Waals surface area contributed by atoms with Crippen molar-refractivity contribution in [1.82, 2.24) is 4.98 Å². The van der Waals surface area contributed by atoms with Crippen molar-refractivity contribution in [2.45, 2.75) is 59.8 Å². The molecule has 0 aliphatic carbocycles. The van der Waals surface area contributed by atoms with Gasteiger partial charge >= 0.3 is 0 Å². The molecule has 0 fully saturated rings. The van der Waals surface area contributed by atoms with Gasteiger partial charge in [0.1, 0.15) is 5.82 Å². The van der Waals surface area contributed by atoms with E-state index in [0.29, 0.717) is 0 Å². The van der Waals surface area contributed by atoms with Gasteiger partial charge in [0.05, 0.1) is 0 Å². The van der Waals surface area contributed by atoms with Gasteiger partial charge in [0.2, 0.25) is 0 Å². The zero-order valence-corrected chi connectivity index (χ0v) is 18.6. The molecule has 0 aliphatic rings. The molecule has 0 atom stereocenters. The Labute approximate surface area is 177 Å². The molecule has 0 amide bonds. The fraction of sp³-hybridized carbons (Fsp3) is 0.370. The Morgan fingerprint density at radius 1 is 0.724 bits per heavy atom. The van der Waals surface area contributed by atoms with Crippen LogP contribution in [-0.2, 0) is 12.8 Å². The molecule has 2 heteroatoms. The number of anilines is 2. The number of rotatable bonds is 9. The summed E-state index contributed by atoms with van der Waals surface area (Å²) in [7, 11) is 0. The summed E-state index contributed by atoms with van der Waals surface area (Å²) in [4.78, 5) is 7.06. The van der Waals surface area contributed by atoms with Gasteiger partial charge in [-0.05, 0) is 68.0 Å². The van der Waals surface area contributed by atoms with Crippen molar-refractivity contribution < 1.29 is 0 Å². The van der Waals surface area contributed by atoms with Crippen LogP contribution >= 0.6 is 0 Å². The van der Waals surface area contributed by atoms with Crippen molar-refractivity contribution >= 4 is 11.5 Å². The zero-order valence-electron chi connectivity index (χ0n) is 18.6. The van der Waals surface area contributed by atoms with E-state index in [1.165, 1.54) is 36.1 Å². The van der Waals surface area contributed by atoms with E-state index in [0.717, 1.165) is 30.9 Å². The quantitative estimate of drug-likeness (QED) is 0.376. The molecule has 29 heavy (non-hydrogen) atoms. The number of para-hydroxylation sites is 1. The van der Waals surface area contributed by atoms with E-state index in [4.69, 9.17) is 4.98 Å². The first-order valence-electron chi connectivity index (χ1n) is 11.1. The Hall–Kier alpha value is -2.61. The summed E-state index contributed by atoms with van der Waals surface area (Å²) < 4.78 is 0. The third kappa shape index (κ3) is 7.38. The van der Waals surface area contributed by atoms with Crippen LogP contribution in [0.4, 0.5) is 11.5 Å². The second kappa shape index (κ2) is 12.8. The van der Waals surface area contributed by atoms with Crippen molar-refractivity contribution in [1.29, 1.82) is 0 Å². The highest BCUT2D eigenvalue weighted by atomic mass is 15.2. The fourth-order valence-corrected chi connectivity index (χ4v) is 3.36. The number of hydrogen-bond acceptors (Lipinski definition) is 2. The summed E-state index contributed by atoms with van der Waals surface area (Å²) in [5, 5.41) is 0. The maximum atomic E-state index is 4.74. The lowest BCUT2D eigenvalue weighted by Crippen LogP contribution is -2.20. The van der Waals surface area contributed by atoms with E-state index in [9.17, 15) is 0 Å². The molecule has 0 saturated carbocycles. The van der Waals surface area contributed by atoms with Gasteiger partial charge < -0.3 is 4.90 Å². The molecule has 3 aromatic rings. The summed E-state index contributed by atoms with van der Waals surface area (Å²) in [6.07, 6.45) is 5.90. The molecular weight excluding hydrogens is 352 g/mol. The average molecular weight is 389 g/mol. The molecule has 0 bridgehead atoms. The number of nitrogens with zero attached hydrogens (tertiary/aromatic N) is 2.